The van der Waals surface area contributed by atoms with Crippen molar-refractivity contribution >= 4 is 22.0 Å². The predicted molar refractivity (Wildman–Crippen MR) is 74.0 cm³/mol. The van der Waals surface area contributed by atoms with Crippen LogP contribution in [0, 0.1) is 0 Å². The van der Waals surface area contributed by atoms with Gasteiger partial charge in [0.1, 0.15) is 0 Å². The van der Waals surface area contributed by atoms with Crippen LogP contribution in [0.3, 0.4) is 0 Å². The third-order valence-electron chi connectivity index (χ3n) is 2.86. The van der Waals surface area contributed by atoms with Gasteiger partial charge in [0, 0.05) is 6.54 Å². The van der Waals surface area contributed by atoms with E-state index in [2.05, 4.69) is 12.2 Å². The minimum absolute atomic E-state index is 0.378. The van der Waals surface area contributed by atoms with Crippen LogP contribution in [-0.4, -0.2) is 41.7 Å². The molecule has 7 nitrogen and oxygen atoms in total. The molecule has 8 heteroatoms. The molecule has 0 aliphatic carbocycles. The third-order valence-corrected chi connectivity index (χ3v) is 3.95. The Morgan fingerprint density at radius 1 is 1.10 bits per heavy atom. The number of carboxylic acid groups (broad SMARTS) is 1. The minimum atomic E-state index is -4.77. The lowest BCUT2D eigenvalue weighted by Crippen LogP contribution is -2.36. The van der Waals surface area contributed by atoms with Gasteiger partial charge in [0.25, 0.3) is 10.1 Å². The van der Waals surface area contributed by atoms with E-state index in [1.54, 1.807) is 0 Å². The summed E-state index contributed by atoms with van der Waals surface area (Å²) in [5, 5.41) is 8.98. The van der Waals surface area contributed by atoms with Crippen LogP contribution in [-0.2, 0) is 19.7 Å². The van der Waals surface area contributed by atoms with E-state index < -0.39 is 33.7 Å². The molecule has 0 aromatic heterocycles. The number of carbonyl (C=O) groups excluding carboxylic acids is 1. The molecule has 118 valence electrons. The number of amides is 1. The van der Waals surface area contributed by atoms with E-state index in [-0.39, 0.29) is 0 Å². The molecule has 0 aliphatic heterocycles. The van der Waals surface area contributed by atoms with Crippen molar-refractivity contribution in [1.82, 2.24) is 5.32 Å². The van der Waals surface area contributed by atoms with Crippen molar-refractivity contribution in [2.75, 3.05) is 6.54 Å². The molecular weight excluding hydrogens is 286 g/mol. The first-order valence-electron chi connectivity index (χ1n) is 6.74. The molecule has 0 aromatic rings. The van der Waals surface area contributed by atoms with Crippen molar-refractivity contribution in [1.29, 1.82) is 0 Å². The van der Waals surface area contributed by atoms with Crippen LogP contribution in [0.2, 0.25) is 0 Å². The summed E-state index contributed by atoms with van der Waals surface area (Å²) in [5.74, 6) is -2.43. The molecule has 0 saturated carbocycles. The van der Waals surface area contributed by atoms with Crippen LogP contribution in [0.5, 0.6) is 0 Å². The Balaban J connectivity index is 3.90. The van der Waals surface area contributed by atoms with Gasteiger partial charge in [-0.2, -0.15) is 8.42 Å². The number of hydrogen-bond donors (Lipinski definition) is 3. The average molecular weight is 309 g/mol. The van der Waals surface area contributed by atoms with Gasteiger partial charge < -0.3 is 10.4 Å². The molecule has 1 atom stereocenters. The standard InChI is InChI=1S/C12H23NO6S/c1-2-3-4-5-6-7-8-13-11(14)9-10(12(15)16)20(17,18)19/h10H,2-9H2,1H3,(H,13,14)(H,15,16)(H,17,18,19). The maximum atomic E-state index is 11.4. The van der Waals surface area contributed by atoms with E-state index in [0.29, 0.717) is 6.54 Å². The molecule has 0 aliphatic rings. The monoisotopic (exact) mass is 309 g/mol. The summed E-state index contributed by atoms with van der Waals surface area (Å²) in [6, 6.07) is 0. The van der Waals surface area contributed by atoms with Crippen molar-refractivity contribution in [3.63, 3.8) is 0 Å². The Morgan fingerprint density at radius 3 is 2.15 bits per heavy atom. The van der Waals surface area contributed by atoms with Crippen LogP contribution < -0.4 is 5.32 Å². The van der Waals surface area contributed by atoms with Crippen LogP contribution in [0.25, 0.3) is 0 Å². The van der Waals surface area contributed by atoms with Crippen molar-refractivity contribution in [3.8, 4) is 0 Å². The number of hydrogen-bond acceptors (Lipinski definition) is 4. The summed E-state index contributed by atoms with van der Waals surface area (Å²) in [4.78, 5) is 22.0. The lowest BCUT2D eigenvalue weighted by molar-refractivity contribution is -0.138. The second-order valence-corrected chi connectivity index (χ2v) is 6.26. The maximum Gasteiger partial charge on any atom is 0.324 e. The summed E-state index contributed by atoms with van der Waals surface area (Å²) in [5.41, 5.74) is 0. The number of unbranched alkanes of at least 4 members (excludes halogenated alkanes) is 5. The maximum absolute atomic E-state index is 11.4. The van der Waals surface area contributed by atoms with E-state index >= 15 is 0 Å². The smallest absolute Gasteiger partial charge is 0.324 e. The molecule has 20 heavy (non-hydrogen) atoms. The van der Waals surface area contributed by atoms with Crippen LogP contribution in [0.1, 0.15) is 51.9 Å². The predicted octanol–water partition coefficient (Wildman–Crippen LogP) is 1.19. The zero-order valence-electron chi connectivity index (χ0n) is 11.7. The van der Waals surface area contributed by atoms with Gasteiger partial charge in [-0.3, -0.25) is 14.1 Å². The fourth-order valence-corrected chi connectivity index (χ4v) is 2.31. The Kier molecular flexibility index (Phi) is 9.15. The molecule has 0 fully saturated rings. The van der Waals surface area contributed by atoms with Crippen molar-refractivity contribution in [2.45, 2.75) is 57.1 Å². The Hall–Kier alpha value is -1.15. The number of carbonyl (C=O) groups is 2. The first-order chi connectivity index (χ1) is 9.29. The van der Waals surface area contributed by atoms with E-state index in [1.165, 1.54) is 6.42 Å². The minimum Gasteiger partial charge on any atom is -0.480 e. The summed E-state index contributed by atoms with van der Waals surface area (Å²) in [7, 11) is -4.77. The Morgan fingerprint density at radius 2 is 1.65 bits per heavy atom. The van der Waals surface area contributed by atoms with Crippen molar-refractivity contribution in [3.05, 3.63) is 0 Å². The number of aliphatic carboxylic acids is 1. The highest BCUT2D eigenvalue weighted by molar-refractivity contribution is 7.87. The van der Waals surface area contributed by atoms with Gasteiger partial charge in [-0.05, 0) is 6.42 Å². The van der Waals surface area contributed by atoms with E-state index in [4.69, 9.17) is 9.66 Å². The van der Waals surface area contributed by atoms with Gasteiger partial charge in [-0.25, -0.2) is 0 Å². The van der Waals surface area contributed by atoms with E-state index in [0.717, 1.165) is 32.1 Å². The average Bonchev–Trinajstić information content (AvgIpc) is 2.33. The molecule has 0 spiro atoms. The summed E-state index contributed by atoms with van der Waals surface area (Å²) >= 11 is 0. The largest absolute Gasteiger partial charge is 0.480 e. The molecule has 3 N–H and O–H groups in total. The highest BCUT2D eigenvalue weighted by Crippen LogP contribution is 2.06. The first kappa shape index (κ1) is 18.9. The van der Waals surface area contributed by atoms with Gasteiger partial charge in [-0.15, -0.1) is 0 Å². The lowest BCUT2D eigenvalue weighted by Gasteiger charge is -2.09. The molecule has 0 rings (SSSR count). The number of rotatable bonds is 11. The topological polar surface area (TPSA) is 121 Å². The number of carboxylic acids is 1. The Labute approximate surface area is 119 Å². The summed E-state index contributed by atoms with van der Waals surface area (Å²) in [6.45, 7) is 2.50. The second kappa shape index (κ2) is 9.71. The van der Waals surface area contributed by atoms with E-state index in [9.17, 15) is 18.0 Å². The molecule has 0 aromatic carbocycles. The number of nitrogens with one attached hydrogen (secondary N) is 1. The lowest BCUT2D eigenvalue weighted by atomic mass is 10.1. The summed E-state index contributed by atoms with van der Waals surface area (Å²) < 4.78 is 30.3. The molecule has 0 heterocycles. The first-order valence-corrected chi connectivity index (χ1v) is 8.25. The quantitative estimate of drug-likeness (QED) is 0.389. The van der Waals surface area contributed by atoms with Crippen LogP contribution in [0.15, 0.2) is 0 Å². The molecular formula is C12H23NO6S. The van der Waals surface area contributed by atoms with Gasteiger partial charge >= 0.3 is 5.97 Å². The SMILES string of the molecule is CCCCCCCCNC(=O)CC(C(=O)O)S(=O)(=O)O. The molecule has 0 radical (unpaired) electrons. The third kappa shape index (κ3) is 8.87. The van der Waals surface area contributed by atoms with Crippen molar-refractivity contribution in [2.24, 2.45) is 0 Å². The second-order valence-electron chi connectivity index (χ2n) is 4.66. The van der Waals surface area contributed by atoms with Crippen molar-refractivity contribution < 1.29 is 27.7 Å². The normalized spacial score (nSPS) is 12.9. The van der Waals surface area contributed by atoms with Gasteiger partial charge in [0.15, 0.2) is 5.25 Å². The Bertz CT molecular complexity index is 406. The molecule has 1 amide bonds. The zero-order valence-corrected chi connectivity index (χ0v) is 12.5. The fraction of sp³-hybridized carbons (Fsp3) is 0.833. The zero-order chi connectivity index (χ0) is 15.6. The summed E-state index contributed by atoms with van der Waals surface area (Å²) in [6.07, 6.45) is 5.51. The van der Waals surface area contributed by atoms with Gasteiger partial charge in [-0.1, -0.05) is 39.0 Å². The molecule has 0 saturated heterocycles. The van der Waals surface area contributed by atoms with E-state index in [1.807, 2.05) is 0 Å². The van der Waals surface area contributed by atoms with Gasteiger partial charge in [0.2, 0.25) is 5.91 Å². The van der Waals surface area contributed by atoms with Gasteiger partial charge in [0.05, 0.1) is 6.42 Å². The molecule has 0 bridgehead atoms. The highest BCUT2D eigenvalue weighted by atomic mass is 32.2. The van der Waals surface area contributed by atoms with Crippen LogP contribution in [0.4, 0.5) is 0 Å². The fourth-order valence-electron chi connectivity index (χ4n) is 1.69. The highest BCUT2D eigenvalue weighted by Gasteiger charge is 2.33. The molecule has 1 unspecified atom stereocenters. The van der Waals surface area contributed by atoms with Crippen LogP contribution >= 0.6 is 0 Å².